The van der Waals surface area contributed by atoms with Crippen LogP contribution >= 0.6 is 0 Å². The molecule has 0 bridgehead atoms. The maximum atomic E-state index is 13.0. The molecule has 0 N–H and O–H groups in total. The van der Waals surface area contributed by atoms with Gasteiger partial charge in [0.15, 0.2) is 5.65 Å². The summed E-state index contributed by atoms with van der Waals surface area (Å²) in [6, 6.07) is 2.34. The van der Waals surface area contributed by atoms with Crippen molar-refractivity contribution in [2.24, 2.45) is 0 Å². The first-order valence-electron chi connectivity index (χ1n) is 8.22. The number of aromatic nitrogens is 3. The van der Waals surface area contributed by atoms with Gasteiger partial charge >= 0.3 is 0 Å². The monoisotopic (exact) mass is 316 g/mol. The van der Waals surface area contributed by atoms with Crippen molar-refractivity contribution in [3.63, 3.8) is 0 Å². The van der Waals surface area contributed by atoms with Crippen molar-refractivity contribution in [1.29, 1.82) is 0 Å². The number of ether oxygens (including phenoxy) is 1. The van der Waals surface area contributed by atoms with Crippen LogP contribution in [0.25, 0.3) is 11.0 Å². The predicted octanol–water partition coefficient (Wildman–Crippen LogP) is 2.57. The van der Waals surface area contributed by atoms with Crippen molar-refractivity contribution in [2.45, 2.75) is 46.2 Å². The molecule has 1 saturated heterocycles. The molecule has 1 atom stereocenters. The van der Waals surface area contributed by atoms with Crippen molar-refractivity contribution >= 4 is 16.9 Å². The molecule has 6 heteroatoms. The van der Waals surface area contributed by atoms with Gasteiger partial charge in [0, 0.05) is 30.6 Å². The largest absolute Gasteiger partial charge is 0.380 e. The van der Waals surface area contributed by atoms with Crippen LogP contribution in [0.2, 0.25) is 0 Å². The average molecular weight is 316 g/mol. The maximum Gasteiger partial charge on any atom is 0.256 e. The summed E-state index contributed by atoms with van der Waals surface area (Å²) in [4.78, 5) is 19.5. The predicted molar refractivity (Wildman–Crippen MR) is 88.6 cm³/mol. The van der Waals surface area contributed by atoms with Gasteiger partial charge in [-0.25, -0.2) is 9.67 Å². The second-order valence-electron chi connectivity index (χ2n) is 6.47. The zero-order valence-electron chi connectivity index (χ0n) is 14.2. The van der Waals surface area contributed by atoms with Crippen molar-refractivity contribution in [1.82, 2.24) is 19.7 Å². The van der Waals surface area contributed by atoms with E-state index in [0.29, 0.717) is 25.3 Å². The quantitative estimate of drug-likeness (QED) is 0.854. The molecule has 1 amide bonds. The van der Waals surface area contributed by atoms with Gasteiger partial charge in [0.25, 0.3) is 5.91 Å². The summed E-state index contributed by atoms with van der Waals surface area (Å²) in [5.74, 6) is 0.0344. The molecule has 2 aromatic heterocycles. The highest BCUT2D eigenvalue weighted by Crippen LogP contribution is 2.22. The number of fused-ring (bicyclic) bond motifs is 1. The lowest BCUT2D eigenvalue weighted by Gasteiger charge is -2.27. The number of pyridine rings is 1. The fourth-order valence-electron chi connectivity index (χ4n) is 3.01. The summed E-state index contributed by atoms with van der Waals surface area (Å²) in [7, 11) is 0. The van der Waals surface area contributed by atoms with Gasteiger partial charge < -0.3 is 9.64 Å². The van der Waals surface area contributed by atoms with Crippen LogP contribution in [-0.2, 0) is 4.74 Å². The average Bonchev–Trinajstić information content (AvgIpc) is 2.79. The van der Waals surface area contributed by atoms with Crippen molar-refractivity contribution < 1.29 is 9.53 Å². The SMILES string of the molecule is Cc1nc2c(cnn2C(C)C)cc1C(=O)N1CCOCCC1C. The summed E-state index contributed by atoms with van der Waals surface area (Å²) in [5, 5.41) is 5.30. The van der Waals surface area contributed by atoms with Gasteiger partial charge in [-0.15, -0.1) is 0 Å². The van der Waals surface area contributed by atoms with Gasteiger partial charge in [0.2, 0.25) is 0 Å². The van der Waals surface area contributed by atoms with Gasteiger partial charge in [-0.1, -0.05) is 0 Å². The third kappa shape index (κ3) is 2.95. The first kappa shape index (κ1) is 15.9. The molecule has 0 aromatic carbocycles. The molecule has 6 nitrogen and oxygen atoms in total. The van der Waals surface area contributed by atoms with Crippen LogP contribution < -0.4 is 0 Å². The molecule has 124 valence electrons. The highest BCUT2D eigenvalue weighted by Gasteiger charge is 2.25. The van der Waals surface area contributed by atoms with E-state index in [4.69, 9.17) is 4.74 Å². The summed E-state index contributed by atoms with van der Waals surface area (Å²) < 4.78 is 7.38. The molecule has 0 spiro atoms. The fraction of sp³-hybridized carbons (Fsp3) is 0.588. The van der Waals surface area contributed by atoms with Gasteiger partial charge in [-0.3, -0.25) is 4.79 Å². The van der Waals surface area contributed by atoms with E-state index in [1.54, 1.807) is 6.20 Å². The molecule has 2 aromatic rings. The molecular weight excluding hydrogens is 292 g/mol. The van der Waals surface area contributed by atoms with E-state index >= 15 is 0 Å². The van der Waals surface area contributed by atoms with E-state index in [0.717, 1.165) is 23.1 Å². The molecular formula is C17H24N4O2. The lowest BCUT2D eigenvalue weighted by molar-refractivity contribution is 0.0686. The molecule has 3 heterocycles. The van der Waals surface area contributed by atoms with E-state index in [2.05, 4.69) is 30.9 Å². The van der Waals surface area contributed by atoms with Crippen molar-refractivity contribution in [3.8, 4) is 0 Å². The summed E-state index contributed by atoms with van der Waals surface area (Å²) >= 11 is 0. The van der Waals surface area contributed by atoms with Crippen molar-refractivity contribution in [2.75, 3.05) is 19.8 Å². The highest BCUT2D eigenvalue weighted by atomic mass is 16.5. The van der Waals surface area contributed by atoms with Gasteiger partial charge in [-0.05, 0) is 40.2 Å². The molecule has 1 aliphatic heterocycles. The first-order valence-corrected chi connectivity index (χ1v) is 8.22. The Morgan fingerprint density at radius 2 is 2.17 bits per heavy atom. The van der Waals surface area contributed by atoms with E-state index in [9.17, 15) is 4.79 Å². The number of amides is 1. The highest BCUT2D eigenvalue weighted by molar-refractivity contribution is 5.98. The molecule has 0 radical (unpaired) electrons. The van der Waals surface area contributed by atoms with Crippen LogP contribution in [0.15, 0.2) is 12.3 Å². The molecule has 23 heavy (non-hydrogen) atoms. The minimum absolute atomic E-state index is 0.0344. The molecule has 0 saturated carbocycles. The van der Waals surface area contributed by atoms with E-state index < -0.39 is 0 Å². The second-order valence-corrected chi connectivity index (χ2v) is 6.47. The van der Waals surface area contributed by atoms with E-state index in [-0.39, 0.29) is 18.0 Å². The second kappa shape index (κ2) is 6.28. The van der Waals surface area contributed by atoms with Gasteiger partial charge in [0.05, 0.1) is 24.1 Å². The summed E-state index contributed by atoms with van der Waals surface area (Å²) in [5.41, 5.74) is 2.25. The molecule has 0 aliphatic carbocycles. The number of carbonyl (C=O) groups excluding carboxylic acids is 1. The fourth-order valence-corrected chi connectivity index (χ4v) is 3.01. The Labute approximate surface area is 136 Å². The lowest BCUT2D eigenvalue weighted by atomic mass is 10.1. The van der Waals surface area contributed by atoms with Crippen LogP contribution in [0.4, 0.5) is 0 Å². The van der Waals surface area contributed by atoms with E-state index in [1.807, 2.05) is 22.6 Å². The first-order chi connectivity index (χ1) is 11.0. The number of aryl methyl sites for hydroxylation is 1. The van der Waals surface area contributed by atoms with E-state index in [1.165, 1.54) is 0 Å². The van der Waals surface area contributed by atoms with Gasteiger partial charge in [0.1, 0.15) is 0 Å². The Hall–Kier alpha value is -1.95. The number of rotatable bonds is 2. The Morgan fingerprint density at radius 3 is 2.91 bits per heavy atom. The molecule has 1 unspecified atom stereocenters. The van der Waals surface area contributed by atoms with Crippen LogP contribution in [0.3, 0.4) is 0 Å². The smallest absolute Gasteiger partial charge is 0.256 e. The Morgan fingerprint density at radius 1 is 1.39 bits per heavy atom. The number of carbonyl (C=O) groups is 1. The van der Waals surface area contributed by atoms with Crippen LogP contribution in [0.5, 0.6) is 0 Å². The van der Waals surface area contributed by atoms with Gasteiger partial charge in [-0.2, -0.15) is 5.10 Å². The maximum absolute atomic E-state index is 13.0. The minimum Gasteiger partial charge on any atom is -0.380 e. The van der Waals surface area contributed by atoms with Crippen molar-refractivity contribution in [3.05, 3.63) is 23.5 Å². The lowest BCUT2D eigenvalue weighted by Crippen LogP contribution is -2.39. The normalized spacial score (nSPS) is 19.3. The Balaban J connectivity index is 1.98. The zero-order chi connectivity index (χ0) is 16.6. The minimum atomic E-state index is 0.0344. The Bertz CT molecular complexity index is 723. The molecule has 1 fully saturated rings. The topological polar surface area (TPSA) is 60.2 Å². The van der Waals surface area contributed by atoms with Crippen LogP contribution in [-0.4, -0.2) is 51.4 Å². The van der Waals surface area contributed by atoms with Crippen LogP contribution in [0.1, 0.15) is 49.3 Å². The standard InChI is InChI=1S/C17H24N4O2/c1-11(2)21-16-14(10-18-21)9-15(13(4)19-16)17(22)20-6-8-23-7-5-12(20)3/h9-12H,5-8H2,1-4H3. The molecule has 3 rings (SSSR count). The molecule has 1 aliphatic rings. The summed E-state index contributed by atoms with van der Waals surface area (Å²) in [6.45, 7) is 10.0. The third-order valence-electron chi connectivity index (χ3n) is 4.43. The number of nitrogens with zero attached hydrogens (tertiary/aromatic N) is 4. The summed E-state index contributed by atoms with van der Waals surface area (Å²) in [6.07, 6.45) is 2.65. The van der Waals surface area contributed by atoms with Crippen LogP contribution in [0, 0.1) is 6.92 Å². The number of hydrogen-bond donors (Lipinski definition) is 0. The number of hydrogen-bond acceptors (Lipinski definition) is 4. The zero-order valence-corrected chi connectivity index (χ0v) is 14.2. The Kier molecular flexibility index (Phi) is 4.35. The third-order valence-corrected chi connectivity index (χ3v) is 4.43.